The lowest BCUT2D eigenvalue weighted by molar-refractivity contribution is 0.0754. The van der Waals surface area contributed by atoms with E-state index in [9.17, 15) is 0 Å². The minimum absolute atomic E-state index is 0.0538. The van der Waals surface area contributed by atoms with E-state index >= 15 is 0 Å². The molecule has 0 saturated carbocycles. The molecule has 1 atom stereocenters. The average Bonchev–Trinajstić information content (AvgIpc) is 2.15. The third-order valence-corrected chi connectivity index (χ3v) is 3.14. The van der Waals surface area contributed by atoms with Gasteiger partial charge in [0.1, 0.15) is 11.4 Å². The summed E-state index contributed by atoms with van der Waals surface area (Å²) in [5, 5.41) is 0. The van der Waals surface area contributed by atoms with Crippen molar-refractivity contribution in [1.82, 2.24) is 0 Å². The molecule has 0 aliphatic carbocycles. The molecule has 2 rings (SSSR count). The molecule has 0 amide bonds. The van der Waals surface area contributed by atoms with Crippen molar-refractivity contribution in [3.05, 3.63) is 29.8 Å². The van der Waals surface area contributed by atoms with E-state index in [0.717, 1.165) is 17.9 Å². The zero-order valence-corrected chi connectivity index (χ0v) is 9.55. The molecule has 1 aromatic carbocycles. The van der Waals surface area contributed by atoms with Crippen molar-refractivity contribution >= 4 is 12.6 Å². The number of ether oxygens (including phenoxy) is 1. The van der Waals surface area contributed by atoms with E-state index in [1.807, 2.05) is 12.1 Å². The van der Waals surface area contributed by atoms with Crippen LogP contribution < -0.4 is 4.74 Å². The van der Waals surface area contributed by atoms with Gasteiger partial charge in [0.15, 0.2) is 0 Å². The van der Waals surface area contributed by atoms with Crippen LogP contribution in [0.1, 0.15) is 31.7 Å². The number of fused-ring (bicyclic) bond motifs is 1. The Morgan fingerprint density at radius 3 is 2.86 bits per heavy atom. The molecular formula is C12H16OS. The van der Waals surface area contributed by atoms with Gasteiger partial charge in [-0.25, -0.2) is 0 Å². The molecule has 0 spiro atoms. The van der Waals surface area contributed by atoms with Crippen LogP contribution in [0.15, 0.2) is 24.3 Å². The minimum Gasteiger partial charge on any atom is -0.488 e. The largest absolute Gasteiger partial charge is 0.488 e. The van der Waals surface area contributed by atoms with Gasteiger partial charge in [0.25, 0.3) is 0 Å². The van der Waals surface area contributed by atoms with Gasteiger partial charge in [-0.15, -0.1) is 0 Å². The van der Waals surface area contributed by atoms with Crippen LogP contribution in [0.4, 0.5) is 0 Å². The topological polar surface area (TPSA) is 9.23 Å². The van der Waals surface area contributed by atoms with Crippen molar-refractivity contribution in [1.29, 1.82) is 0 Å². The second kappa shape index (κ2) is 3.50. The van der Waals surface area contributed by atoms with E-state index in [0.29, 0.717) is 5.92 Å². The van der Waals surface area contributed by atoms with Crippen LogP contribution in [-0.2, 0) is 0 Å². The van der Waals surface area contributed by atoms with E-state index < -0.39 is 0 Å². The summed E-state index contributed by atoms with van der Waals surface area (Å²) < 4.78 is 5.92. The minimum atomic E-state index is -0.0538. The highest BCUT2D eigenvalue weighted by molar-refractivity contribution is 7.80. The molecule has 0 radical (unpaired) electrons. The molecule has 1 unspecified atom stereocenters. The number of hydrogen-bond acceptors (Lipinski definition) is 2. The fraction of sp³-hybridized carbons (Fsp3) is 0.500. The molecule has 1 aliphatic heterocycles. The second-order valence-electron chi connectivity index (χ2n) is 4.48. The summed E-state index contributed by atoms with van der Waals surface area (Å²) in [6.45, 7) is 4.28. The molecule has 0 saturated heterocycles. The summed E-state index contributed by atoms with van der Waals surface area (Å²) in [6, 6.07) is 8.28. The SMILES string of the molecule is CC1(C)CC(CS)c2ccccc2O1. The Hall–Kier alpha value is -0.630. The number of rotatable bonds is 1. The van der Waals surface area contributed by atoms with Crippen LogP contribution in [0.3, 0.4) is 0 Å². The Balaban J connectivity index is 2.41. The zero-order chi connectivity index (χ0) is 10.2. The second-order valence-corrected chi connectivity index (χ2v) is 4.85. The third-order valence-electron chi connectivity index (χ3n) is 2.70. The summed E-state index contributed by atoms with van der Waals surface area (Å²) in [5.41, 5.74) is 1.25. The Labute approximate surface area is 90.9 Å². The Morgan fingerprint density at radius 2 is 2.14 bits per heavy atom. The highest BCUT2D eigenvalue weighted by Crippen LogP contribution is 2.40. The van der Waals surface area contributed by atoms with Gasteiger partial charge in [-0.2, -0.15) is 12.6 Å². The molecule has 1 nitrogen and oxygen atoms in total. The Kier molecular flexibility index (Phi) is 2.48. The Morgan fingerprint density at radius 1 is 1.43 bits per heavy atom. The lowest BCUT2D eigenvalue weighted by Crippen LogP contribution is -2.35. The van der Waals surface area contributed by atoms with E-state index in [1.54, 1.807) is 0 Å². The number of thiol groups is 1. The number of hydrogen-bond donors (Lipinski definition) is 1. The molecule has 0 aromatic heterocycles. The first-order valence-corrected chi connectivity index (χ1v) is 5.64. The van der Waals surface area contributed by atoms with Crippen LogP contribution in [0.25, 0.3) is 0 Å². The van der Waals surface area contributed by atoms with Gasteiger partial charge >= 0.3 is 0 Å². The van der Waals surface area contributed by atoms with Crippen LogP contribution in [0.5, 0.6) is 5.75 Å². The predicted octanol–water partition coefficient (Wildman–Crippen LogP) is 3.26. The maximum Gasteiger partial charge on any atom is 0.123 e. The predicted molar refractivity (Wildman–Crippen MR) is 62.4 cm³/mol. The first-order chi connectivity index (χ1) is 6.62. The monoisotopic (exact) mass is 208 g/mol. The molecular weight excluding hydrogens is 192 g/mol. The molecule has 1 aromatic rings. The van der Waals surface area contributed by atoms with E-state index in [4.69, 9.17) is 4.74 Å². The third kappa shape index (κ3) is 1.76. The molecule has 0 bridgehead atoms. The molecule has 14 heavy (non-hydrogen) atoms. The lowest BCUT2D eigenvalue weighted by atomic mass is 9.86. The average molecular weight is 208 g/mol. The highest BCUT2D eigenvalue weighted by atomic mass is 32.1. The summed E-state index contributed by atoms with van der Waals surface area (Å²) in [6.07, 6.45) is 1.05. The van der Waals surface area contributed by atoms with Gasteiger partial charge in [-0.05, 0) is 37.7 Å². The fourth-order valence-corrected chi connectivity index (χ4v) is 2.44. The standard InChI is InChI=1S/C12H16OS/c1-12(2)7-9(8-14)10-5-3-4-6-11(10)13-12/h3-6,9,14H,7-8H2,1-2H3. The van der Waals surface area contributed by atoms with Gasteiger partial charge in [0.05, 0.1) is 0 Å². The van der Waals surface area contributed by atoms with Crippen LogP contribution >= 0.6 is 12.6 Å². The fourth-order valence-electron chi connectivity index (χ4n) is 2.12. The molecule has 2 heteroatoms. The molecule has 0 N–H and O–H groups in total. The number of para-hydroxylation sites is 1. The van der Waals surface area contributed by atoms with Crippen molar-refractivity contribution in [2.45, 2.75) is 31.8 Å². The smallest absolute Gasteiger partial charge is 0.123 e. The van der Waals surface area contributed by atoms with Crippen LogP contribution in [0.2, 0.25) is 0 Å². The highest BCUT2D eigenvalue weighted by Gasteiger charge is 2.32. The van der Waals surface area contributed by atoms with Crippen molar-refractivity contribution in [3.63, 3.8) is 0 Å². The van der Waals surface area contributed by atoms with Crippen molar-refractivity contribution in [3.8, 4) is 5.75 Å². The van der Waals surface area contributed by atoms with Crippen molar-refractivity contribution < 1.29 is 4.74 Å². The quantitative estimate of drug-likeness (QED) is 0.697. The van der Waals surface area contributed by atoms with Crippen LogP contribution in [-0.4, -0.2) is 11.4 Å². The first kappa shape index (κ1) is 9.91. The van der Waals surface area contributed by atoms with E-state index in [-0.39, 0.29) is 5.60 Å². The van der Waals surface area contributed by atoms with Crippen LogP contribution in [0, 0.1) is 0 Å². The van der Waals surface area contributed by atoms with Gasteiger partial charge in [0.2, 0.25) is 0 Å². The molecule has 0 fully saturated rings. The number of benzene rings is 1. The Bertz CT molecular complexity index is 333. The van der Waals surface area contributed by atoms with E-state index in [2.05, 4.69) is 38.6 Å². The maximum atomic E-state index is 5.92. The molecule has 1 aliphatic rings. The zero-order valence-electron chi connectivity index (χ0n) is 8.66. The van der Waals surface area contributed by atoms with Gasteiger partial charge in [0, 0.05) is 5.92 Å². The summed E-state index contributed by atoms with van der Waals surface area (Å²) in [7, 11) is 0. The van der Waals surface area contributed by atoms with E-state index in [1.165, 1.54) is 5.56 Å². The normalized spacial score (nSPS) is 23.8. The van der Waals surface area contributed by atoms with Gasteiger partial charge in [-0.3, -0.25) is 0 Å². The lowest BCUT2D eigenvalue weighted by Gasteiger charge is -2.37. The summed E-state index contributed by atoms with van der Waals surface area (Å²) in [5.74, 6) is 2.45. The van der Waals surface area contributed by atoms with Crippen molar-refractivity contribution in [2.24, 2.45) is 0 Å². The van der Waals surface area contributed by atoms with Gasteiger partial charge in [-0.1, -0.05) is 18.2 Å². The molecule has 1 heterocycles. The van der Waals surface area contributed by atoms with Crippen molar-refractivity contribution in [2.75, 3.05) is 5.75 Å². The summed E-state index contributed by atoms with van der Waals surface area (Å²) >= 11 is 4.41. The summed E-state index contributed by atoms with van der Waals surface area (Å²) in [4.78, 5) is 0. The van der Waals surface area contributed by atoms with Gasteiger partial charge < -0.3 is 4.74 Å². The molecule has 76 valence electrons. The first-order valence-electron chi connectivity index (χ1n) is 5.01. The maximum absolute atomic E-state index is 5.92.